The van der Waals surface area contributed by atoms with E-state index in [1.807, 2.05) is 6.92 Å². The Kier molecular flexibility index (Phi) is 4.88. The number of nitrogens with zero attached hydrogens (tertiary/aromatic N) is 1. The maximum Gasteiger partial charge on any atom is 0.329 e. The number of likely N-dealkylation sites (tertiary alicyclic amines) is 1. The second-order valence-corrected chi connectivity index (χ2v) is 8.33. The summed E-state index contributed by atoms with van der Waals surface area (Å²) in [5.41, 5.74) is 0.594. The van der Waals surface area contributed by atoms with Crippen LogP contribution < -0.4 is 0 Å². The zero-order chi connectivity index (χ0) is 16.5. The van der Waals surface area contributed by atoms with Gasteiger partial charge in [0.05, 0.1) is 6.10 Å². The molecule has 0 aromatic carbocycles. The summed E-state index contributed by atoms with van der Waals surface area (Å²) < 4.78 is 5.65. The molecule has 2 fully saturated rings. The normalized spacial score (nSPS) is 31.0. The second-order valence-electron chi connectivity index (χ2n) is 8.33. The van der Waals surface area contributed by atoms with E-state index in [0.717, 1.165) is 25.7 Å². The van der Waals surface area contributed by atoms with Crippen molar-refractivity contribution >= 4 is 12.4 Å². The van der Waals surface area contributed by atoms with E-state index in [-0.39, 0.29) is 23.5 Å². The standard InChI is InChI=1S/C18H31NO3/c1-13(11-14-8-9-17(2,3)18(14,4)5)22-16(21)15-7-6-10-19(15)12-20/h12-15H,6-11H2,1-5H3. The first-order chi connectivity index (χ1) is 10.2. The molecule has 0 aromatic rings. The molecule has 0 bridgehead atoms. The number of hydrogen-bond acceptors (Lipinski definition) is 3. The summed E-state index contributed by atoms with van der Waals surface area (Å²) in [5.74, 6) is 0.350. The van der Waals surface area contributed by atoms with Gasteiger partial charge in [0, 0.05) is 6.54 Å². The maximum atomic E-state index is 12.3. The highest BCUT2D eigenvalue weighted by atomic mass is 16.5. The van der Waals surface area contributed by atoms with Crippen LogP contribution in [0, 0.1) is 16.7 Å². The first-order valence-electron chi connectivity index (χ1n) is 8.60. The van der Waals surface area contributed by atoms with E-state index < -0.39 is 0 Å². The Balaban J connectivity index is 1.89. The van der Waals surface area contributed by atoms with Crippen LogP contribution in [-0.4, -0.2) is 36.0 Å². The first kappa shape index (κ1) is 17.3. The van der Waals surface area contributed by atoms with Gasteiger partial charge in [-0.25, -0.2) is 4.79 Å². The van der Waals surface area contributed by atoms with Gasteiger partial charge in [-0.05, 0) is 55.8 Å². The second kappa shape index (κ2) is 6.21. The molecule has 1 amide bonds. The summed E-state index contributed by atoms with van der Waals surface area (Å²) in [6.07, 6.45) is 5.64. The Morgan fingerprint density at radius 1 is 1.32 bits per heavy atom. The number of amides is 1. The number of rotatable bonds is 5. The third kappa shape index (κ3) is 3.16. The Hall–Kier alpha value is -1.06. The van der Waals surface area contributed by atoms with Crippen molar-refractivity contribution in [3.8, 4) is 0 Å². The molecule has 3 unspecified atom stereocenters. The van der Waals surface area contributed by atoms with Crippen molar-refractivity contribution in [2.75, 3.05) is 6.54 Å². The lowest BCUT2D eigenvalue weighted by Gasteiger charge is -2.40. The molecule has 2 rings (SSSR count). The van der Waals surface area contributed by atoms with Gasteiger partial charge in [-0.2, -0.15) is 0 Å². The van der Waals surface area contributed by atoms with Crippen molar-refractivity contribution < 1.29 is 14.3 Å². The molecule has 1 aliphatic heterocycles. The van der Waals surface area contributed by atoms with Gasteiger partial charge in [-0.3, -0.25) is 4.79 Å². The molecule has 4 nitrogen and oxygen atoms in total. The zero-order valence-electron chi connectivity index (χ0n) is 14.7. The first-order valence-corrected chi connectivity index (χ1v) is 8.60. The van der Waals surface area contributed by atoms with Crippen molar-refractivity contribution in [2.45, 2.75) is 78.9 Å². The summed E-state index contributed by atoms with van der Waals surface area (Å²) in [6, 6.07) is -0.368. The number of ether oxygens (including phenoxy) is 1. The van der Waals surface area contributed by atoms with Crippen LogP contribution in [0.25, 0.3) is 0 Å². The lowest BCUT2D eigenvalue weighted by Crippen LogP contribution is -2.38. The van der Waals surface area contributed by atoms with Crippen molar-refractivity contribution in [3.63, 3.8) is 0 Å². The topological polar surface area (TPSA) is 46.6 Å². The minimum Gasteiger partial charge on any atom is -0.461 e. The van der Waals surface area contributed by atoms with E-state index in [1.54, 1.807) is 4.90 Å². The van der Waals surface area contributed by atoms with Crippen LogP contribution in [0.1, 0.15) is 66.7 Å². The highest BCUT2D eigenvalue weighted by Crippen LogP contribution is 2.56. The quantitative estimate of drug-likeness (QED) is 0.577. The van der Waals surface area contributed by atoms with Gasteiger partial charge in [-0.15, -0.1) is 0 Å². The van der Waals surface area contributed by atoms with Crippen LogP contribution in [0.4, 0.5) is 0 Å². The number of carbonyl (C=O) groups is 2. The Morgan fingerprint density at radius 2 is 2.00 bits per heavy atom. The number of hydrogen-bond donors (Lipinski definition) is 0. The summed E-state index contributed by atoms with van der Waals surface area (Å²) in [5, 5.41) is 0. The molecule has 1 saturated carbocycles. The smallest absolute Gasteiger partial charge is 0.329 e. The van der Waals surface area contributed by atoms with Crippen LogP contribution in [0.3, 0.4) is 0 Å². The highest BCUT2D eigenvalue weighted by Gasteiger charge is 2.48. The third-order valence-electron chi connectivity index (χ3n) is 6.52. The number of carbonyl (C=O) groups excluding carboxylic acids is 2. The molecular formula is C18H31NO3. The summed E-state index contributed by atoms with van der Waals surface area (Å²) >= 11 is 0. The molecule has 126 valence electrons. The lowest BCUT2D eigenvalue weighted by atomic mass is 9.66. The van der Waals surface area contributed by atoms with Gasteiger partial charge in [0.2, 0.25) is 6.41 Å². The summed E-state index contributed by atoms with van der Waals surface area (Å²) in [4.78, 5) is 24.8. The van der Waals surface area contributed by atoms with Crippen LogP contribution in [0.5, 0.6) is 0 Å². The minimum atomic E-state index is -0.368. The number of esters is 1. The Morgan fingerprint density at radius 3 is 2.55 bits per heavy atom. The van der Waals surface area contributed by atoms with Gasteiger partial charge in [-0.1, -0.05) is 27.7 Å². The molecule has 22 heavy (non-hydrogen) atoms. The highest BCUT2D eigenvalue weighted by molar-refractivity contribution is 5.78. The fraction of sp³-hybridized carbons (Fsp3) is 0.889. The van der Waals surface area contributed by atoms with Gasteiger partial charge in [0.25, 0.3) is 0 Å². The minimum absolute atomic E-state index is 0.0835. The van der Waals surface area contributed by atoms with Crippen molar-refractivity contribution in [1.29, 1.82) is 0 Å². The molecule has 3 atom stereocenters. The molecule has 0 N–H and O–H groups in total. The zero-order valence-corrected chi connectivity index (χ0v) is 14.7. The maximum absolute atomic E-state index is 12.3. The van der Waals surface area contributed by atoms with Gasteiger partial charge >= 0.3 is 5.97 Å². The fourth-order valence-corrected chi connectivity index (χ4v) is 4.08. The molecule has 4 heteroatoms. The SMILES string of the molecule is CC(CC1CCC(C)(C)C1(C)C)OC(=O)C1CCCN1C=O. The molecule has 2 aliphatic rings. The van der Waals surface area contributed by atoms with E-state index >= 15 is 0 Å². The monoisotopic (exact) mass is 309 g/mol. The largest absolute Gasteiger partial charge is 0.461 e. The lowest BCUT2D eigenvalue weighted by molar-refractivity contribution is -0.156. The van der Waals surface area contributed by atoms with Crippen LogP contribution in [-0.2, 0) is 14.3 Å². The van der Waals surface area contributed by atoms with E-state index in [2.05, 4.69) is 27.7 Å². The fourth-order valence-electron chi connectivity index (χ4n) is 4.08. The molecule has 0 spiro atoms. The van der Waals surface area contributed by atoms with Crippen LogP contribution in [0.2, 0.25) is 0 Å². The van der Waals surface area contributed by atoms with Gasteiger partial charge in [0.15, 0.2) is 0 Å². The van der Waals surface area contributed by atoms with Gasteiger partial charge in [0.1, 0.15) is 6.04 Å². The predicted molar refractivity (Wildman–Crippen MR) is 86.2 cm³/mol. The van der Waals surface area contributed by atoms with Crippen molar-refractivity contribution in [1.82, 2.24) is 4.90 Å². The van der Waals surface area contributed by atoms with E-state index in [9.17, 15) is 9.59 Å². The van der Waals surface area contributed by atoms with E-state index in [0.29, 0.717) is 17.9 Å². The molecule has 0 aromatic heterocycles. The predicted octanol–water partition coefficient (Wildman–Crippen LogP) is 3.39. The van der Waals surface area contributed by atoms with E-state index in [4.69, 9.17) is 4.74 Å². The van der Waals surface area contributed by atoms with Crippen LogP contribution >= 0.6 is 0 Å². The molecule has 1 heterocycles. The average molecular weight is 309 g/mol. The molecule has 0 radical (unpaired) electrons. The molecule has 1 saturated heterocycles. The third-order valence-corrected chi connectivity index (χ3v) is 6.52. The molecule has 1 aliphatic carbocycles. The molecular weight excluding hydrogens is 278 g/mol. The van der Waals surface area contributed by atoms with E-state index in [1.165, 1.54) is 12.8 Å². The summed E-state index contributed by atoms with van der Waals surface area (Å²) in [6.45, 7) is 12.0. The van der Waals surface area contributed by atoms with Crippen molar-refractivity contribution in [3.05, 3.63) is 0 Å². The summed E-state index contributed by atoms with van der Waals surface area (Å²) in [7, 11) is 0. The van der Waals surface area contributed by atoms with Crippen LogP contribution in [0.15, 0.2) is 0 Å². The average Bonchev–Trinajstić information content (AvgIpc) is 2.97. The van der Waals surface area contributed by atoms with Crippen molar-refractivity contribution in [2.24, 2.45) is 16.7 Å². The van der Waals surface area contributed by atoms with Gasteiger partial charge < -0.3 is 9.64 Å². The Labute approximate surface area is 134 Å². The Bertz CT molecular complexity index is 430.